The SMILES string of the molecule is O=C1OC2(CCCCC2)CN1Cc1ccc(-c2ccccc2CN2CCOCC2)cc1. The third-order valence-corrected chi connectivity index (χ3v) is 6.96. The predicted molar refractivity (Wildman–Crippen MR) is 121 cm³/mol. The number of carbonyl (C=O) groups excluding carboxylic acids is 1. The van der Waals surface area contributed by atoms with Crippen molar-refractivity contribution in [2.24, 2.45) is 0 Å². The largest absolute Gasteiger partial charge is 0.441 e. The lowest BCUT2D eigenvalue weighted by Gasteiger charge is -2.30. The van der Waals surface area contributed by atoms with Crippen molar-refractivity contribution in [1.82, 2.24) is 9.80 Å². The van der Waals surface area contributed by atoms with Gasteiger partial charge < -0.3 is 9.47 Å². The van der Waals surface area contributed by atoms with Crippen molar-refractivity contribution < 1.29 is 14.3 Å². The summed E-state index contributed by atoms with van der Waals surface area (Å²) in [5, 5.41) is 0. The Bertz CT molecular complexity index is 899. The van der Waals surface area contributed by atoms with Crippen molar-refractivity contribution in [3.63, 3.8) is 0 Å². The fourth-order valence-electron chi connectivity index (χ4n) is 5.22. The molecule has 2 saturated heterocycles. The molecule has 0 radical (unpaired) electrons. The van der Waals surface area contributed by atoms with Crippen molar-refractivity contribution in [1.29, 1.82) is 0 Å². The van der Waals surface area contributed by atoms with Crippen molar-refractivity contribution in [3.8, 4) is 11.1 Å². The van der Waals surface area contributed by atoms with Crippen LogP contribution in [0, 0.1) is 0 Å². The minimum Gasteiger partial charge on any atom is -0.441 e. The smallest absolute Gasteiger partial charge is 0.410 e. The lowest BCUT2D eigenvalue weighted by molar-refractivity contribution is 0.0260. The minimum atomic E-state index is -0.228. The van der Waals surface area contributed by atoms with Crippen LogP contribution in [-0.4, -0.2) is 54.3 Å². The maximum Gasteiger partial charge on any atom is 0.410 e. The summed E-state index contributed by atoms with van der Waals surface area (Å²) in [5.41, 5.74) is 4.77. The number of hydrogen-bond donors (Lipinski definition) is 0. The first-order valence-corrected chi connectivity index (χ1v) is 11.7. The zero-order chi connectivity index (χ0) is 21.1. The van der Waals surface area contributed by atoms with Crippen LogP contribution in [0.5, 0.6) is 0 Å². The van der Waals surface area contributed by atoms with Crippen LogP contribution in [0.15, 0.2) is 48.5 Å². The van der Waals surface area contributed by atoms with E-state index in [1.54, 1.807) is 0 Å². The molecule has 2 aliphatic heterocycles. The molecule has 5 rings (SSSR count). The molecule has 2 heterocycles. The third-order valence-electron chi connectivity index (χ3n) is 6.96. The quantitative estimate of drug-likeness (QED) is 0.694. The monoisotopic (exact) mass is 420 g/mol. The number of carbonyl (C=O) groups is 1. The molecule has 5 nitrogen and oxygen atoms in total. The Balaban J connectivity index is 1.27. The first-order chi connectivity index (χ1) is 15.2. The van der Waals surface area contributed by atoms with E-state index in [0.29, 0.717) is 6.54 Å². The average Bonchev–Trinajstić information content (AvgIpc) is 3.10. The molecule has 3 fully saturated rings. The third kappa shape index (κ3) is 4.63. The van der Waals surface area contributed by atoms with Gasteiger partial charge >= 0.3 is 6.09 Å². The molecule has 31 heavy (non-hydrogen) atoms. The first kappa shape index (κ1) is 20.5. The van der Waals surface area contributed by atoms with Gasteiger partial charge in [0.15, 0.2) is 0 Å². The standard InChI is InChI=1S/C26H32N2O3/c29-25-28(20-26(31-25)12-4-1-5-13-26)18-21-8-10-22(11-9-21)24-7-3-2-6-23(24)19-27-14-16-30-17-15-27/h2-3,6-11H,1,4-5,12-20H2. The summed E-state index contributed by atoms with van der Waals surface area (Å²) in [4.78, 5) is 16.8. The predicted octanol–water partition coefficient (Wildman–Crippen LogP) is 4.84. The number of hydrogen-bond acceptors (Lipinski definition) is 4. The van der Waals surface area contributed by atoms with E-state index >= 15 is 0 Å². The van der Waals surface area contributed by atoms with Crippen LogP contribution in [0.1, 0.15) is 43.2 Å². The molecule has 0 atom stereocenters. The number of rotatable bonds is 5. The average molecular weight is 421 g/mol. The van der Waals surface area contributed by atoms with Gasteiger partial charge in [-0.1, -0.05) is 55.0 Å². The van der Waals surface area contributed by atoms with Crippen LogP contribution >= 0.6 is 0 Å². The molecule has 2 aromatic rings. The highest BCUT2D eigenvalue weighted by atomic mass is 16.6. The van der Waals surface area contributed by atoms with Gasteiger partial charge in [0.1, 0.15) is 5.60 Å². The van der Waals surface area contributed by atoms with Crippen LogP contribution in [0.25, 0.3) is 11.1 Å². The summed E-state index contributed by atoms with van der Waals surface area (Å²) in [6.45, 7) is 5.91. The molecule has 0 unspecified atom stereocenters. The molecule has 1 spiro atoms. The maximum atomic E-state index is 12.5. The fraction of sp³-hybridized carbons (Fsp3) is 0.500. The summed E-state index contributed by atoms with van der Waals surface area (Å²) in [5.74, 6) is 0. The normalized spacial score (nSPS) is 21.4. The number of ether oxygens (including phenoxy) is 2. The van der Waals surface area contributed by atoms with Crippen LogP contribution < -0.4 is 0 Å². The molecule has 0 bridgehead atoms. The Morgan fingerprint density at radius 3 is 2.39 bits per heavy atom. The molecule has 5 heteroatoms. The van der Waals surface area contributed by atoms with Crippen molar-refractivity contribution in [2.45, 2.75) is 50.8 Å². The number of nitrogens with zero attached hydrogens (tertiary/aromatic N) is 2. The summed E-state index contributed by atoms with van der Waals surface area (Å²) < 4.78 is 11.3. The molecular formula is C26H32N2O3. The maximum absolute atomic E-state index is 12.5. The summed E-state index contributed by atoms with van der Waals surface area (Å²) in [6, 6.07) is 17.3. The highest BCUT2D eigenvalue weighted by molar-refractivity contribution is 5.71. The van der Waals surface area contributed by atoms with Crippen LogP contribution in [0.4, 0.5) is 4.79 Å². The first-order valence-electron chi connectivity index (χ1n) is 11.7. The Labute approximate surface area is 184 Å². The van der Waals surface area contributed by atoms with Gasteiger partial charge in [-0.2, -0.15) is 0 Å². The van der Waals surface area contributed by atoms with Crippen LogP contribution in [-0.2, 0) is 22.6 Å². The van der Waals surface area contributed by atoms with E-state index < -0.39 is 0 Å². The molecule has 2 aromatic carbocycles. The fourth-order valence-corrected chi connectivity index (χ4v) is 5.22. The summed E-state index contributed by atoms with van der Waals surface area (Å²) in [7, 11) is 0. The van der Waals surface area contributed by atoms with Gasteiger partial charge in [-0.25, -0.2) is 4.79 Å². The van der Waals surface area contributed by atoms with Crippen molar-refractivity contribution >= 4 is 6.09 Å². The van der Waals surface area contributed by atoms with Gasteiger partial charge in [0.05, 0.1) is 19.8 Å². The van der Waals surface area contributed by atoms with E-state index in [1.807, 2.05) is 4.90 Å². The minimum absolute atomic E-state index is 0.151. The Morgan fingerprint density at radius 2 is 1.61 bits per heavy atom. The van der Waals surface area contributed by atoms with E-state index in [2.05, 4.69) is 53.4 Å². The molecule has 1 saturated carbocycles. The van der Waals surface area contributed by atoms with E-state index in [1.165, 1.54) is 36.0 Å². The van der Waals surface area contributed by atoms with Gasteiger partial charge in [0.25, 0.3) is 0 Å². The van der Waals surface area contributed by atoms with E-state index in [4.69, 9.17) is 9.47 Å². The van der Waals surface area contributed by atoms with Gasteiger partial charge in [-0.05, 0) is 47.9 Å². The lowest BCUT2D eigenvalue weighted by atomic mass is 9.85. The van der Waals surface area contributed by atoms with Gasteiger partial charge in [-0.15, -0.1) is 0 Å². The molecule has 164 valence electrons. The zero-order valence-corrected chi connectivity index (χ0v) is 18.2. The van der Waals surface area contributed by atoms with Crippen molar-refractivity contribution in [2.75, 3.05) is 32.8 Å². The van der Waals surface area contributed by atoms with Crippen molar-refractivity contribution in [3.05, 3.63) is 59.7 Å². The van der Waals surface area contributed by atoms with Crippen LogP contribution in [0.3, 0.4) is 0 Å². The second-order valence-electron chi connectivity index (χ2n) is 9.21. The second kappa shape index (κ2) is 9.01. The molecule has 1 amide bonds. The number of benzene rings is 2. The van der Waals surface area contributed by atoms with Gasteiger partial charge in [0.2, 0.25) is 0 Å². The zero-order valence-electron chi connectivity index (χ0n) is 18.2. The number of amides is 1. The lowest BCUT2D eigenvalue weighted by Crippen LogP contribution is -2.36. The van der Waals surface area contributed by atoms with E-state index in [9.17, 15) is 4.79 Å². The topological polar surface area (TPSA) is 42.0 Å². The molecule has 0 N–H and O–H groups in total. The molecule has 0 aromatic heterocycles. The highest BCUT2D eigenvalue weighted by Gasteiger charge is 2.45. The Kier molecular flexibility index (Phi) is 5.97. The highest BCUT2D eigenvalue weighted by Crippen LogP contribution is 2.37. The Hall–Kier alpha value is -2.37. The molecule has 1 aliphatic carbocycles. The van der Waals surface area contributed by atoms with Gasteiger partial charge in [0, 0.05) is 26.2 Å². The summed E-state index contributed by atoms with van der Waals surface area (Å²) in [6.07, 6.45) is 5.46. The Morgan fingerprint density at radius 1 is 0.871 bits per heavy atom. The van der Waals surface area contributed by atoms with Crippen LogP contribution in [0.2, 0.25) is 0 Å². The second-order valence-corrected chi connectivity index (χ2v) is 9.21. The van der Waals surface area contributed by atoms with E-state index in [-0.39, 0.29) is 11.7 Å². The molecular weight excluding hydrogens is 388 g/mol. The van der Waals surface area contributed by atoms with E-state index in [0.717, 1.165) is 57.8 Å². The molecule has 3 aliphatic rings. The van der Waals surface area contributed by atoms with Gasteiger partial charge in [-0.3, -0.25) is 9.80 Å². The summed E-state index contributed by atoms with van der Waals surface area (Å²) >= 11 is 0. The number of morpholine rings is 1.